The highest BCUT2D eigenvalue weighted by molar-refractivity contribution is 6.32. The van der Waals surface area contributed by atoms with E-state index in [1.165, 1.54) is 16.8 Å². The van der Waals surface area contributed by atoms with Crippen LogP contribution >= 0.6 is 0 Å². The minimum atomic E-state index is -0.434. The van der Waals surface area contributed by atoms with Gasteiger partial charge in [0.1, 0.15) is 0 Å². The van der Waals surface area contributed by atoms with Crippen LogP contribution in [0.1, 0.15) is 27.0 Å². The number of carbonyl (C=O) groups is 1. The fourth-order valence-corrected chi connectivity index (χ4v) is 6.94. The molecule has 0 bridgehead atoms. The van der Waals surface area contributed by atoms with Crippen LogP contribution in [0.3, 0.4) is 0 Å². The lowest BCUT2D eigenvalue weighted by molar-refractivity contribution is 0.103. The van der Waals surface area contributed by atoms with Gasteiger partial charge in [0.25, 0.3) is 0 Å². The lowest BCUT2D eigenvalue weighted by Gasteiger charge is -2.17. The summed E-state index contributed by atoms with van der Waals surface area (Å²) in [4.78, 5) is 36.7. The monoisotopic (exact) mass is 604 g/mol. The van der Waals surface area contributed by atoms with Crippen LogP contribution in [-0.4, -0.2) is 5.78 Å². The summed E-state index contributed by atoms with van der Waals surface area (Å²) in [6.07, 6.45) is 0.873. The highest BCUT2D eigenvalue weighted by Crippen LogP contribution is 2.38. The van der Waals surface area contributed by atoms with Crippen molar-refractivity contribution in [2.45, 2.75) is 6.42 Å². The number of ketones is 1. The Kier molecular flexibility index (Phi) is 7.00. The molecule has 0 aliphatic heterocycles. The quantitative estimate of drug-likeness (QED) is 0.0984. The number of hydrogen-bond donors (Lipinski definition) is 0. The van der Waals surface area contributed by atoms with E-state index in [9.17, 15) is 14.4 Å². The van der Waals surface area contributed by atoms with Gasteiger partial charge in [-0.1, -0.05) is 152 Å². The average Bonchev–Trinajstić information content (AvgIpc) is 3.12. The van der Waals surface area contributed by atoms with Gasteiger partial charge in [-0.3, -0.25) is 14.4 Å². The van der Waals surface area contributed by atoms with Crippen LogP contribution in [0.15, 0.2) is 167 Å². The molecule has 3 nitrogen and oxygen atoms in total. The minimum absolute atomic E-state index is 0.160. The second-order valence-corrected chi connectivity index (χ2v) is 11.9. The van der Waals surface area contributed by atoms with Crippen LogP contribution in [0.5, 0.6) is 0 Å². The van der Waals surface area contributed by atoms with Crippen LogP contribution in [0.2, 0.25) is 0 Å². The lowest BCUT2D eigenvalue weighted by atomic mass is 9.85. The molecule has 0 atom stereocenters. The molecule has 0 fully saturated rings. The summed E-state index contributed by atoms with van der Waals surface area (Å²) in [7, 11) is 0. The van der Waals surface area contributed by atoms with E-state index in [0.29, 0.717) is 5.39 Å². The molecule has 10 rings (SSSR count). The van der Waals surface area contributed by atoms with Crippen molar-refractivity contribution in [3.05, 3.63) is 200 Å². The van der Waals surface area contributed by atoms with Crippen LogP contribution in [0, 0.1) is 0 Å². The molecule has 0 N–H and O–H groups in total. The molecule has 0 amide bonds. The zero-order chi connectivity index (χ0) is 31.9. The van der Waals surface area contributed by atoms with E-state index in [1.807, 2.05) is 97.1 Å². The van der Waals surface area contributed by atoms with E-state index in [4.69, 9.17) is 0 Å². The van der Waals surface area contributed by atoms with Crippen molar-refractivity contribution in [2.24, 2.45) is 0 Å². The highest BCUT2D eigenvalue weighted by Gasteiger charge is 2.21. The molecule has 1 aliphatic rings. The fourth-order valence-electron chi connectivity index (χ4n) is 6.94. The fraction of sp³-hybridized carbons (Fsp3) is 0.0227. The topological polar surface area (TPSA) is 51.2 Å². The van der Waals surface area contributed by atoms with Crippen LogP contribution < -0.4 is 10.9 Å². The number of benzene rings is 9. The van der Waals surface area contributed by atoms with Crippen LogP contribution in [0.4, 0.5) is 0 Å². The third kappa shape index (κ3) is 4.90. The predicted molar refractivity (Wildman–Crippen MR) is 194 cm³/mol. The molecule has 222 valence electrons. The summed E-state index contributed by atoms with van der Waals surface area (Å²) in [6, 6.07) is 51.8. The normalized spacial score (nSPS) is 12.0. The van der Waals surface area contributed by atoms with E-state index in [2.05, 4.69) is 54.6 Å². The molecule has 0 saturated carbocycles. The summed E-state index contributed by atoms with van der Waals surface area (Å²) in [5.41, 5.74) is 3.16. The Bertz CT molecular complexity index is 2610. The molecule has 47 heavy (non-hydrogen) atoms. The van der Waals surface area contributed by atoms with Gasteiger partial charge in [-0.15, -0.1) is 0 Å². The molecule has 0 aromatic heterocycles. The Hall–Kier alpha value is -6.19. The van der Waals surface area contributed by atoms with Gasteiger partial charge in [-0.25, -0.2) is 0 Å². The van der Waals surface area contributed by atoms with Gasteiger partial charge in [-0.05, 0) is 66.7 Å². The molecule has 0 unspecified atom stereocenters. The van der Waals surface area contributed by atoms with Gasteiger partial charge in [0.05, 0.1) is 0 Å². The van der Waals surface area contributed by atoms with E-state index in [0.717, 1.165) is 66.4 Å². The molecular formula is C44H28O3. The van der Waals surface area contributed by atoms with Gasteiger partial charge in [-0.2, -0.15) is 0 Å². The number of fused-ring (bicyclic) bond motifs is 5. The van der Waals surface area contributed by atoms with Gasteiger partial charge >= 0.3 is 0 Å². The molecule has 0 heterocycles. The molecular weight excluding hydrogens is 576 g/mol. The molecule has 1 aliphatic carbocycles. The first-order chi connectivity index (χ1) is 23.1. The maximum atomic E-state index is 12.5. The predicted octanol–water partition coefficient (Wildman–Crippen LogP) is 9.56. The van der Waals surface area contributed by atoms with Gasteiger partial charge in [0.15, 0.2) is 5.78 Å². The maximum absolute atomic E-state index is 12.5. The zero-order valence-electron chi connectivity index (χ0n) is 25.4. The second-order valence-electron chi connectivity index (χ2n) is 11.9. The lowest BCUT2D eigenvalue weighted by Crippen LogP contribution is -2.22. The van der Waals surface area contributed by atoms with E-state index in [-0.39, 0.29) is 5.78 Å². The molecule has 9 aromatic carbocycles. The number of rotatable bonds is 0. The van der Waals surface area contributed by atoms with Crippen molar-refractivity contribution in [2.75, 3.05) is 0 Å². The Morgan fingerprint density at radius 3 is 1.38 bits per heavy atom. The largest absolute Gasteiger partial charge is 0.289 e. The molecule has 0 radical (unpaired) electrons. The van der Waals surface area contributed by atoms with Gasteiger partial charge in [0, 0.05) is 21.9 Å². The summed E-state index contributed by atoms with van der Waals surface area (Å²) in [5, 5.41) is 10.1. The van der Waals surface area contributed by atoms with Crippen molar-refractivity contribution < 1.29 is 4.79 Å². The summed E-state index contributed by atoms with van der Waals surface area (Å²) in [6.45, 7) is 0. The summed E-state index contributed by atoms with van der Waals surface area (Å²) >= 11 is 0. The Morgan fingerprint density at radius 1 is 0.362 bits per heavy atom. The van der Waals surface area contributed by atoms with Gasteiger partial charge in [0.2, 0.25) is 10.9 Å². The first kappa shape index (κ1) is 28.3. The van der Waals surface area contributed by atoms with Crippen molar-refractivity contribution in [1.82, 2.24) is 0 Å². The summed E-state index contributed by atoms with van der Waals surface area (Å²) in [5.74, 6) is 0.160. The second kappa shape index (κ2) is 11.6. The standard InChI is InChI=1S/C20H10O2.C14H10O.C10H8/c21-16-10-12-6-3-8-14-13-7-1-4-11-5-2-9-15(17(11)13)19(18(12)14)20(16)22;15-14-12-7-3-1-5-10(12)9-11-6-2-4-8-13(11)14;1-2-6-10-8-4-3-7-9(10)5-1/h1-10H;1-8H,9H2;1-8H. The number of carbonyl (C=O) groups excluding carboxylic acids is 1. The van der Waals surface area contributed by atoms with E-state index >= 15 is 0 Å². The van der Waals surface area contributed by atoms with Crippen LogP contribution in [0.25, 0.3) is 53.9 Å². The molecule has 9 aromatic rings. The first-order valence-electron chi connectivity index (χ1n) is 15.7. The van der Waals surface area contributed by atoms with Crippen molar-refractivity contribution in [3.8, 4) is 0 Å². The van der Waals surface area contributed by atoms with Crippen molar-refractivity contribution in [1.29, 1.82) is 0 Å². The van der Waals surface area contributed by atoms with Gasteiger partial charge < -0.3 is 0 Å². The minimum Gasteiger partial charge on any atom is -0.289 e. The van der Waals surface area contributed by atoms with Crippen molar-refractivity contribution >= 4 is 59.6 Å². The SMILES string of the molecule is O=C1c2ccccc2Cc2ccccc21.O=c1cc2cccc3c4cccc5cccc(c(c1=O)c23)c54.c1ccc2ccccc2c1. The third-order valence-corrected chi connectivity index (χ3v) is 9.11. The third-order valence-electron chi connectivity index (χ3n) is 9.11. The number of hydrogen-bond acceptors (Lipinski definition) is 3. The Morgan fingerprint density at radius 2 is 0.809 bits per heavy atom. The molecule has 0 saturated heterocycles. The molecule has 0 spiro atoms. The van der Waals surface area contributed by atoms with E-state index in [1.54, 1.807) is 0 Å². The Balaban J connectivity index is 0.000000112. The summed E-state index contributed by atoms with van der Waals surface area (Å²) < 4.78 is 0. The smallest absolute Gasteiger partial charge is 0.234 e. The van der Waals surface area contributed by atoms with Crippen molar-refractivity contribution in [3.63, 3.8) is 0 Å². The highest BCUT2D eigenvalue weighted by atomic mass is 16.2. The van der Waals surface area contributed by atoms with E-state index < -0.39 is 10.9 Å². The average molecular weight is 605 g/mol. The maximum Gasteiger partial charge on any atom is 0.234 e. The molecule has 3 heteroatoms. The Labute approximate surface area is 270 Å². The first-order valence-corrected chi connectivity index (χ1v) is 15.7. The van der Waals surface area contributed by atoms with Crippen LogP contribution in [-0.2, 0) is 6.42 Å². The zero-order valence-corrected chi connectivity index (χ0v) is 25.4.